The van der Waals surface area contributed by atoms with Gasteiger partial charge in [-0.1, -0.05) is 174 Å². The fourth-order valence-electron chi connectivity index (χ4n) is 10.4. The fraction of sp³-hybridized carbons (Fsp3) is 0.186. The van der Waals surface area contributed by atoms with Gasteiger partial charge in [0.2, 0.25) is 0 Å². The number of unbranched alkanes of at least 4 members (excludes halogenated alkanes) is 1. The van der Waals surface area contributed by atoms with Gasteiger partial charge >= 0.3 is 0 Å². The van der Waals surface area contributed by atoms with E-state index in [9.17, 15) is 0 Å². The predicted octanol–water partition coefficient (Wildman–Crippen LogP) is 16.2. The smallest absolute Gasteiger partial charge is 0.0672 e. The highest BCUT2D eigenvalue weighted by Gasteiger charge is 2.39. The molecule has 0 aliphatic heterocycles. The van der Waals surface area contributed by atoms with E-state index < -0.39 is 0 Å². The molecule has 294 valence electrons. The quantitative estimate of drug-likeness (QED) is 0.131. The van der Waals surface area contributed by atoms with E-state index >= 15 is 0 Å². The van der Waals surface area contributed by atoms with Gasteiger partial charge in [0.15, 0.2) is 0 Å². The van der Waals surface area contributed by atoms with Crippen LogP contribution in [-0.2, 0) is 11.0 Å². The largest absolute Gasteiger partial charge is 0.307 e. The summed E-state index contributed by atoms with van der Waals surface area (Å²) in [6.45, 7) is 17.6. The molecular weight excluding hydrogens is 723 g/mol. The first kappa shape index (κ1) is 38.0. The summed E-state index contributed by atoms with van der Waals surface area (Å²) in [7, 11) is 2.11. The molecule has 0 aromatic heterocycles. The summed E-state index contributed by atoms with van der Waals surface area (Å²) < 4.78 is 0. The molecule has 3 aliphatic rings. The molecule has 1 N–H and O–H groups in total. The minimum absolute atomic E-state index is 0.0416. The second-order valence-electron chi connectivity index (χ2n) is 17.7. The molecule has 0 fully saturated rings. The first-order valence-electron chi connectivity index (χ1n) is 21.8. The molecule has 1 unspecified atom stereocenters. The first-order chi connectivity index (χ1) is 29.1. The molecular formula is C59H53N. The molecule has 0 spiro atoms. The van der Waals surface area contributed by atoms with Gasteiger partial charge in [0.05, 0.1) is 5.54 Å². The zero-order valence-corrected chi connectivity index (χ0v) is 36.1. The highest BCUT2D eigenvalue weighted by Crippen LogP contribution is 2.53. The number of hydrogen-bond donors (Lipinski definition) is 1. The van der Waals surface area contributed by atoms with E-state index in [4.69, 9.17) is 0 Å². The van der Waals surface area contributed by atoms with Crippen LogP contribution in [0.25, 0.3) is 93.5 Å². The van der Waals surface area contributed by atoms with Crippen LogP contribution in [0.1, 0.15) is 76.6 Å². The molecule has 0 heterocycles. The Morgan fingerprint density at radius 3 is 1.70 bits per heavy atom. The highest BCUT2D eigenvalue weighted by molar-refractivity contribution is 6.28. The van der Waals surface area contributed by atoms with Crippen molar-refractivity contribution < 1.29 is 0 Å². The van der Waals surface area contributed by atoms with Crippen molar-refractivity contribution in [1.82, 2.24) is 5.32 Å². The van der Waals surface area contributed by atoms with Crippen molar-refractivity contribution in [1.29, 1.82) is 0 Å². The normalized spacial score (nSPS) is 16.6. The van der Waals surface area contributed by atoms with Gasteiger partial charge in [-0.3, -0.25) is 0 Å². The summed E-state index contributed by atoms with van der Waals surface area (Å²) >= 11 is 0. The maximum Gasteiger partial charge on any atom is 0.0672 e. The summed E-state index contributed by atoms with van der Waals surface area (Å²) in [6.07, 6.45) is 8.76. The van der Waals surface area contributed by atoms with Gasteiger partial charge in [0.25, 0.3) is 0 Å². The van der Waals surface area contributed by atoms with Crippen LogP contribution in [0.5, 0.6) is 0 Å². The van der Waals surface area contributed by atoms with Crippen molar-refractivity contribution in [3.8, 4) is 55.6 Å². The number of fused-ring (bicyclic) bond motifs is 11. The Hall–Kier alpha value is -6.28. The predicted molar refractivity (Wildman–Crippen MR) is 261 cm³/mol. The lowest BCUT2D eigenvalue weighted by Gasteiger charge is -2.28. The van der Waals surface area contributed by atoms with E-state index in [0.717, 1.165) is 0 Å². The molecule has 11 rings (SSSR count). The SMILES string of the molecule is C=C/C=C\C1=C(C)C(C)(C)c2cc(-c3ccc4c(c3)C(C)(NC)c3cc(-c5cc6c7cccc8c7c(cc6c6ccccc56)-c5ccccc5-8)ccc3-4)ccc21.CCCC. The van der Waals surface area contributed by atoms with Crippen LogP contribution in [0.3, 0.4) is 0 Å². The van der Waals surface area contributed by atoms with E-state index in [0.29, 0.717) is 0 Å². The third-order valence-corrected chi connectivity index (χ3v) is 14.3. The molecule has 1 atom stereocenters. The summed E-state index contributed by atoms with van der Waals surface area (Å²) in [5.74, 6) is 0. The lowest BCUT2D eigenvalue weighted by atomic mass is 9.80. The van der Waals surface area contributed by atoms with Crippen molar-refractivity contribution >= 4 is 37.9 Å². The van der Waals surface area contributed by atoms with Crippen molar-refractivity contribution in [2.75, 3.05) is 7.05 Å². The molecule has 3 aliphatic carbocycles. The van der Waals surface area contributed by atoms with Crippen molar-refractivity contribution in [2.45, 2.75) is 65.3 Å². The zero-order valence-electron chi connectivity index (χ0n) is 36.1. The summed E-state index contributed by atoms with van der Waals surface area (Å²) in [5.41, 5.74) is 20.6. The number of nitrogens with one attached hydrogen (secondary N) is 1. The lowest BCUT2D eigenvalue weighted by molar-refractivity contribution is 0.497. The maximum atomic E-state index is 3.91. The molecule has 8 aromatic carbocycles. The highest BCUT2D eigenvalue weighted by atomic mass is 14.9. The van der Waals surface area contributed by atoms with E-state index in [1.165, 1.54) is 134 Å². The van der Waals surface area contributed by atoms with Gasteiger partial charge in [-0.25, -0.2) is 0 Å². The standard InChI is InChI=1S/C55H43N.C4H10/c1-7-8-14-36-32(2)54(3,4)50-27-33(21-24-41(36)50)34-22-25-42-43-26-23-35(29-52(43)55(5,56-6)51(42)28-34)46-30-48-45-20-13-19-44-37-15-9-12-18-40(37)49(53(44)45)31-47(48)39-17-11-10-16-38(39)46;1-3-4-2/h7-31,56H,1H2,2-6H3;3-4H2,1-2H3/b14-8-;. The molecule has 60 heavy (non-hydrogen) atoms. The van der Waals surface area contributed by atoms with Gasteiger partial charge in [-0.05, 0) is 167 Å². The minimum Gasteiger partial charge on any atom is -0.307 e. The summed E-state index contributed by atoms with van der Waals surface area (Å²) in [6, 6.07) is 50.9. The Morgan fingerprint density at radius 1 is 0.500 bits per heavy atom. The average Bonchev–Trinajstić information content (AvgIpc) is 3.82. The Labute approximate surface area is 355 Å². The Balaban J connectivity index is 0.00000104. The Bertz CT molecular complexity index is 3160. The van der Waals surface area contributed by atoms with E-state index in [1.807, 2.05) is 12.2 Å². The average molecular weight is 776 g/mol. The third kappa shape index (κ3) is 5.42. The van der Waals surface area contributed by atoms with Crippen LogP contribution in [0.4, 0.5) is 0 Å². The fourth-order valence-corrected chi connectivity index (χ4v) is 10.4. The van der Waals surface area contributed by atoms with Crippen LogP contribution < -0.4 is 5.32 Å². The molecule has 0 saturated heterocycles. The van der Waals surface area contributed by atoms with E-state index in [2.05, 4.69) is 200 Å². The van der Waals surface area contributed by atoms with E-state index in [1.54, 1.807) is 0 Å². The van der Waals surface area contributed by atoms with Crippen LogP contribution in [0.15, 0.2) is 164 Å². The van der Waals surface area contributed by atoms with Crippen LogP contribution in [0, 0.1) is 0 Å². The number of benzene rings is 8. The van der Waals surface area contributed by atoms with Crippen molar-refractivity contribution in [3.05, 3.63) is 186 Å². The molecule has 0 radical (unpaired) electrons. The second kappa shape index (κ2) is 14.2. The van der Waals surface area contributed by atoms with Crippen LogP contribution in [0.2, 0.25) is 0 Å². The second-order valence-corrected chi connectivity index (χ2v) is 17.7. The molecule has 1 heteroatoms. The maximum absolute atomic E-state index is 3.91. The monoisotopic (exact) mass is 775 g/mol. The molecule has 0 saturated carbocycles. The van der Waals surface area contributed by atoms with Crippen LogP contribution >= 0.6 is 0 Å². The summed E-state index contributed by atoms with van der Waals surface area (Å²) in [5, 5.41) is 11.7. The van der Waals surface area contributed by atoms with Gasteiger partial charge in [0.1, 0.15) is 0 Å². The van der Waals surface area contributed by atoms with Crippen LogP contribution in [-0.4, -0.2) is 7.05 Å². The summed E-state index contributed by atoms with van der Waals surface area (Å²) in [4.78, 5) is 0. The number of allylic oxidation sites excluding steroid dienone is 5. The van der Waals surface area contributed by atoms with Crippen molar-refractivity contribution in [2.24, 2.45) is 0 Å². The molecule has 1 nitrogen and oxygen atoms in total. The lowest BCUT2D eigenvalue weighted by Crippen LogP contribution is -2.35. The van der Waals surface area contributed by atoms with Gasteiger partial charge in [-0.2, -0.15) is 0 Å². The van der Waals surface area contributed by atoms with Gasteiger partial charge in [-0.15, -0.1) is 0 Å². The first-order valence-corrected chi connectivity index (χ1v) is 21.8. The molecule has 0 bridgehead atoms. The topological polar surface area (TPSA) is 12.0 Å². The molecule has 0 amide bonds. The Kier molecular flexibility index (Phi) is 8.97. The third-order valence-electron chi connectivity index (χ3n) is 14.3. The minimum atomic E-state index is -0.360. The molecule has 8 aromatic rings. The van der Waals surface area contributed by atoms with Crippen molar-refractivity contribution in [3.63, 3.8) is 0 Å². The Morgan fingerprint density at radius 2 is 1.03 bits per heavy atom. The van der Waals surface area contributed by atoms with E-state index in [-0.39, 0.29) is 11.0 Å². The number of hydrogen-bond acceptors (Lipinski definition) is 1. The number of rotatable bonds is 6. The zero-order chi connectivity index (χ0) is 41.5. The van der Waals surface area contributed by atoms with Gasteiger partial charge < -0.3 is 5.32 Å². The van der Waals surface area contributed by atoms with Gasteiger partial charge in [0, 0.05) is 5.41 Å².